The van der Waals surface area contributed by atoms with Crippen LogP contribution in [0.5, 0.6) is 5.88 Å². The molecule has 33 heavy (non-hydrogen) atoms. The third-order valence-electron chi connectivity index (χ3n) is 6.08. The van der Waals surface area contributed by atoms with Crippen molar-refractivity contribution in [2.24, 2.45) is 5.92 Å². The van der Waals surface area contributed by atoms with Gasteiger partial charge in [-0.15, -0.1) is 0 Å². The van der Waals surface area contributed by atoms with Crippen molar-refractivity contribution in [1.29, 1.82) is 0 Å². The van der Waals surface area contributed by atoms with E-state index < -0.39 is 23.5 Å². The quantitative estimate of drug-likeness (QED) is 0.503. The van der Waals surface area contributed by atoms with Crippen molar-refractivity contribution in [3.05, 3.63) is 71.8 Å². The van der Waals surface area contributed by atoms with Gasteiger partial charge in [-0.3, -0.25) is 14.5 Å². The van der Waals surface area contributed by atoms with Gasteiger partial charge >= 0.3 is 0 Å². The van der Waals surface area contributed by atoms with Crippen molar-refractivity contribution in [1.82, 2.24) is 10.1 Å². The molecule has 0 spiro atoms. The highest BCUT2D eigenvalue weighted by Gasteiger charge is 2.46. The zero-order valence-corrected chi connectivity index (χ0v) is 18.7. The van der Waals surface area contributed by atoms with Gasteiger partial charge in [0.15, 0.2) is 11.5 Å². The minimum Gasteiger partial charge on any atom is -0.503 e. The lowest BCUT2D eigenvalue weighted by molar-refractivity contribution is -0.117. The molecule has 0 fully saturated rings. The first kappa shape index (κ1) is 22.3. The van der Waals surface area contributed by atoms with E-state index in [1.807, 2.05) is 26.0 Å². The van der Waals surface area contributed by atoms with Gasteiger partial charge in [-0.25, -0.2) is 4.98 Å². The third kappa shape index (κ3) is 4.00. The van der Waals surface area contributed by atoms with Crippen LogP contribution in [0.1, 0.15) is 37.0 Å². The second-order valence-electron chi connectivity index (χ2n) is 7.81. The molecule has 4 rings (SSSR count). The fourth-order valence-corrected chi connectivity index (χ4v) is 4.27. The molecule has 1 aromatic carbocycles. The van der Waals surface area contributed by atoms with Crippen LogP contribution in [-0.4, -0.2) is 40.1 Å². The Balaban J connectivity index is 1.74. The van der Waals surface area contributed by atoms with Gasteiger partial charge in [0.25, 0.3) is 5.91 Å². The van der Waals surface area contributed by atoms with Crippen molar-refractivity contribution in [2.45, 2.75) is 32.7 Å². The van der Waals surface area contributed by atoms with E-state index in [2.05, 4.69) is 10.1 Å². The number of aliphatic hydroxyl groups is 1. The lowest BCUT2D eigenvalue weighted by atomic mass is 9.85. The molecular weight excluding hydrogens is 422 g/mol. The molecule has 0 radical (unpaired) electrons. The van der Waals surface area contributed by atoms with Crippen molar-refractivity contribution in [3.8, 4) is 17.1 Å². The summed E-state index contributed by atoms with van der Waals surface area (Å²) in [6.45, 7) is 4.02. The molecule has 3 aromatic rings. The van der Waals surface area contributed by atoms with E-state index in [4.69, 9.17) is 9.26 Å². The van der Waals surface area contributed by atoms with Crippen molar-refractivity contribution >= 4 is 17.4 Å². The summed E-state index contributed by atoms with van der Waals surface area (Å²) in [7, 11) is 1.49. The number of carbonyl (C=O) groups excluding carboxylic acids is 2. The van der Waals surface area contributed by atoms with Crippen LogP contribution < -0.4 is 9.64 Å². The lowest BCUT2D eigenvalue weighted by Gasteiger charge is -2.32. The second kappa shape index (κ2) is 9.28. The third-order valence-corrected chi connectivity index (χ3v) is 6.08. The van der Waals surface area contributed by atoms with E-state index in [0.717, 1.165) is 18.4 Å². The molecule has 1 atom stereocenters. The smallest absolute Gasteiger partial charge is 0.294 e. The fourth-order valence-electron chi connectivity index (χ4n) is 4.27. The number of ketones is 1. The highest BCUT2D eigenvalue weighted by molar-refractivity contribution is 6.20. The highest BCUT2D eigenvalue weighted by atomic mass is 16.5. The predicted molar refractivity (Wildman–Crippen MR) is 122 cm³/mol. The van der Waals surface area contributed by atoms with Crippen molar-refractivity contribution < 1.29 is 24.0 Å². The summed E-state index contributed by atoms with van der Waals surface area (Å²) in [5.41, 5.74) is 2.47. The van der Waals surface area contributed by atoms with E-state index >= 15 is 0 Å². The number of aliphatic hydroxyl groups excluding tert-OH is 1. The Morgan fingerprint density at radius 1 is 1.15 bits per heavy atom. The minimum atomic E-state index is -0.597. The summed E-state index contributed by atoms with van der Waals surface area (Å²) in [4.78, 5) is 32.3. The molecule has 0 aliphatic carbocycles. The molecule has 0 saturated heterocycles. The number of methoxy groups -OCH3 is 1. The first-order chi connectivity index (χ1) is 16.0. The average Bonchev–Trinajstić information content (AvgIpc) is 3.47. The molecule has 1 N–H and O–H groups in total. The number of Topliss-reactive ketones (excluding diaryl/α,β-unsaturated/α-hetero) is 1. The Bertz CT molecular complexity index is 1160. The maximum absolute atomic E-state index is 13.4. The van der Waals surface area contributed by atoms with Gasteiger partial charge in [0, 0.05) is 35.1 Å². The molecule has 1 aliphatic heterocycles. The molecule has 8 nitrogen and oxygen atoms in total. The number of hydrogen-bond donors (Lipinski definition) is 1. The van der Waals surface area contributed by atoms with Crippen LogP contribution in [0.4, 0.5) is 5.69 Å². The normalized spacial score (nSPS) is 16.1. The van der Waals surface area contributed by atoms with Gasteiger partial charge in [0.05, 0.1) is 18.7 Å². The van der Waals surface area contributed by atoms with Crippen molar-refractivity contribution in [2.75, 3.05) is 12.0 Å². The Hall–Kier alpha value is -3.94. The van der Waals surface area contributed by atoms with Gasteiger partial charge in [-0.2, -0.15) is 0 Å². The molecule has 8 heteroatoms. The summed E-state index contributed by atoms with van der Waals surface area (Å²) in [5.74, 6) is -1.19. The molecule has 0 bridgehead atoms. The molecular formula is C25H25N3O5. The number of benzene rings is 1. The van der Waals surface area contributed by atoms with Crippen LogP contribution in [0.15, 0.2) is 70.8 Å². The maximum atomic E-state index is 13.4. The van der Waals surface area contributed by atoms with Crippen LogP contribution in [0.2, 0.25) is 0 Å². The predicted octanol–water partition coefficient (Wildman–Crippen LogP) is 4.59. The number of amides is 1. The first-order valence-electron chi connectivity index (χ1n) is 10.8. The molecule has 170 valence electrons. The van der Waals surface area contributed by atoms with Crippen LogP contribution in [0, 0.1) is 5.92 Å². The molecule has 3 heterocycles. The molecule has 2 aromatic heterocycles. The Labute approximate surface area is 191 Å². The molecule has 1 unspecified atom stereocenters. The fraction of sp³-hybridized carbons (Fsp3) is 0.280. The first-order valence-corrected chi connectivity index (χ1v) is 10.8. The van der Waals surface area contributed by atoms with Crippen molar-refractivity contribution in [3.63, 3.8) is 0 Å². The van der Waals surface area contributed by atoms with Gasteiger partial charge in [0.1, 0.15) is 12.0 Å². The van der Waals surface area contributed by atoms with E-state index in [-0.39, 0.29) is 17.1 Å². The number of pyridine rings is 1. The minimum absolute atomic E-state index is 0.0287. The highest BCUT2D eigenvalue weighted by Crippen LogP contribution is 2.38. The van der Waals surface area contributed by atoms with Crippen LogP contribution in [0.25, 0.3) is 11.3 Å². The number of carbonyl (C=O) groups is 2. The average molecular weight is 447 g/mol. The largest absolute Gasteiger partial charge is 0.503 e. The van der Waals surface area contributed by atoms with Crippen LogP contribution >= 0.6 is 0 Å². The molecule has 0 saturated carbocycles. The Morgan fingerprint density at radius 3 is 2.42 bits per heavy atom. The summed E-state index contributed by atoms with van der Waals surface area (Å²) >= 11 is 0. The maximum Gasteiger partial charge on any atom is 0.294 e. The number of nitrogens with zero attached hydrogens (tertiary/aromatic N) is 3. The summed E-state index contributed by atoms with van der Waals surface area (Å²) < 4.78 is 9.96. The number of rotatable bonds is 8. The lowest BCUT2D eigenvalue weighted by Crippen LogP contribution is -2.42. The van der Waals surface area contributed by atoms with Gasteiger partial charge in [0.2, 0.25) is 5.88 Å². The standard InChI is InChI=1S/C25H25N3O5/c1-4-15(5-2)22-21(23(29)17-8-11-20(32-3)26-14-17)24(30)25(31)28(22)18-9-6-16(7-10-18)19-12-13-33-27-19/h6-15,22,30H,4-5H2,1-3H3. The van der Waals surface area contributed by atoms with E-state index in [9.17, 15) is 14.7 Å². The number of aromatic nitrogens is 2. The van der Waals surface area contributed by atoms with Crippen LogP contribution in [-0.2, 0) is 4.79 Å². The number of anilines is 1. The number of ether oxygens (including phenoxy) is 1. The molecule has 1 aliphatic rings. The monoisotopic (exact) mass is 447 g/mol. The van der Waals surface area contributed by atoms with E-state index in [1.54, 1.807) is 30.3 Å². The van der Waals surface area contributed by atoms with Gasteiger partial charge < -0.3 is 14.4 Å². The zero-order chi connectivity index (χ0) is 23.5. The van der Waals surface area contributed by atoms with Gasteiger partial charge in [-0.05, 0) is 24.1 Å². The van der Waals surface area contributed by atoms with Gasteiger partial charge in [-0.1, -0.05) is 44.0 Å². The second-order valence-corrected chi connectivity index (χ2v) is 7.81. The summed E-state index contributed by atoms with van der Waals surface area (Å²) in [6.07, 6.45) is 4.34. The van der Waals surface area contributed by atoms with Crippen LogP contribution in [0.3, 0.4) is 0 Å². The van der Waals surface area contributed by atoms with E-state index in [1.165, 1.54) is 24.5 Å². The topological polar surface area (TPSA) is 106 Å². The van der Waals surface area contributed by atoms with E-state index in [0.29, 0.717) is 17.3 Å². The summed E-state index contributed by atoms with van der Waals surface area (Å²) in [6, 6.07) is 11.5. The zero-order valence-electron chi connectivity index (χ0n) is 18.7. The Kier molecular flexibility index (Phi) is 6.26. The number of hydrogen-bond acceptors (Lipinski definition) is 7. The summed E-state index contributed by atoms with van der Waals surface area (Å²) in [5, 5.41) is 14.8. The molecule has 1 amide bonds. The SMILES string of the molecule is CCC(CC)C1C(C(=O)c2ccc(OC)nc2)=C(O)C(=O)N1c1ccc(-c2ccon2)cc1. The Morgan fingerprint density at radius 2 is 1.88 bits per heavy atom.